The van der Waals surface area contributed by atoms with Crippen molar-refractivity contribution in [2.45, 2.75) is 0 Å². The summed E-state index contributed by atoms with van der Waals surface area (Å²) in [5.74, 6) is 0. The lowest BCUT2D eigenvalue weighted by Gasteiger charge is -2.05. The molecule has 0 unspecified atom stereocenters. The minimum atomic E-state index is 1.13. The first-order valence-corrected chi connectivity index (χ1v) is 7.51. The van der Waals surface area contributed by atoms with Crippen LogP contribution in [0.1, 0.15) is 5.56 Å². The van der Waals surface area contributed by atoms with E-state index in [2.05, 4.69) is 42.1 Å². The molecule has 0 saturated carbocycles. The van der Waals surface area contributed by atoms with E-state index in [4.69, 9.17) is 0 Å². The molecule has 4 aromatic rings. The zero-order chi connectivity index (χ0) is 12.3. The molecule has 0 aliphatic heterocycles. The summed E-state index contributed by atoms with van der Waals surface area (Å²) in [4.78, 5) is 0. The van der Waals surface area contributed by atoms with Crippen molar-refractivity contribution < 1.29 is 0 Å². The van der Waals surface area contributed by atoms with Gasteiger partial charge in [0.25, 0.3) is 0 Å². The summed E-state index contributed by atoms with van der Waals surface area (Å²) in [5, 5.41) is 11.1. The van der Waals surface area contributed by atoms with Gasteiger partial charge in [0, 0.05) is 30.8 Å². The molecule has 0 aliphatic carbocycles. The van der Waals surface area contributed by atoms with Crippen LogP contribution < -0.4 is 4.53 Å². The van der Waals surface area contributed by atoms with E-state index < -0.39 is 0 Å². The third-order valence-electron chi connectivity index (χ3n) is 3.52. The normalized spacial score (nSPS) is 11.8. The molecule has 0 N–H and O–H groups in total. The van der Waals surface area contributed by atoms with E-state index in [9.17, 15) is 0 Å². The predicted octanol–water partition coefficient (Wildman–Crippen LogP) is 5.04. The Balaban J connectivity index is 2.53. The Labute approximate surface area is 112 Å². The smallest absolute Gasteiger partial charge is 0.0355 e. The van der Waals surface area contributed by atoms with Gasteiger partial charge >= 0.3 is 0 Å². The molecule has 18 heavy (non-hydrogen) atoms. The Morgan fingerprint density at radius 2 is 1.78 bits per heavy atom. The maximum absolute atomic E-state index is 4.17. The molecule has 2 heterocycles. The van der Waals surface area contributed by atoms with Gasteiger partial charge in [-0.1, -0.05) is 31.4 Å². The molecule has 0 aliphatic rings. The SMILES string of the molecule is C=Cc1c2csc3cccc(c4csc(=C)c14)c32. The van der Waals surface area contributed by atoms with Gasteiger partial charge in [-0.25, -0.2) is 0 Å². The van der Waals surface area contributed by atoms with Crippen molar-refractivity contribution in [1.29, 1.82) is 0 Å². The predicted molar refractivity (Wildman–Crippen MR) is 85.5 cm³/mol. The van der Waals surface area contributed by atoms with Gasteiger partial charge in [0.2, 0.25) is 0 Å². The number of thiophene rings is 2. The molecule has 2 heteroatoms. The minimum absolute atomic E-state index is 1.13. The molecule has 0 nitrogen and oxygen atoms in total. The van der Waals surface area contributed by atoms with Crippen molar-refractivity contribution >= 4 is 67.0 Å². The van der Waals surface area contributed by atoms with Crippen LogP contribution in [0.2, 0.25) is 0 Å². The molecule has 2 aromatic heterocycles. The number of fused-ring (bicyclic) bond motifs is 2. The van der Waals surface area contributed by atoms with Crippen molar-refractivity contribution in [1.82, 2.24) is 0 Å². The minimum Gasteiger partial charge on any atom is -0.144 e. The molecule has 4 rings (SSSR count). The highest BCUT2D eigenvalue weighted by Crippen LogP contribution is 2.40. The fraction of sp³-hybridized carbons (Fsp3) is 0. The van der Waals surface area contributed by atoms with E-state index >= 15 is 0 Å². The largest absolute Gasteiger partial charge is 0.144 e. The summed E-state index contributed by atoms with van der Waals surface area (Å²) >= 11 is 3.53. The molecule has 0 fully saturated rings. The zero-order valence-electron chi connectivity index (χ0n) is 9.69. The van der Waals surface area contributed by atoms with Crippen molar-refractivity contribution in [3.05, 3.63) is 45.6 Å². The van der Waals surface area contributed by atoms with E-state index in [0.29, 0.717) is 0 Å². The highest BCUT2D eigenvalue weighted by atomic mass is 32.1. The van der Waals surface area contributed by atoms with Gasteiger partial charge in [-0.15, -0.1) is 22.7 Å². The van der Waals surface area contributed by atoms with Gasteiger partial charge in [-0.2, -0.15) is 0 Å². The van der Waals surface area contributed by atoms with Gasteiger partial charge in [0.05, 0.1) is 0 Å². The lowest BCUT2D eigenvalue weighted by Crippen LogP contribution is -1.92. The van der Waals surface area contributed by atoms with Gasteiger partial charge in [-0.05, 0) is 27.8 Å². The van der Waals surface area contributed by atoms with E-state index in [0.717, 1.165) is 4.53 Å². The lowest BCUT2D eigenvalue weighted by atomic mass is 9.97. The number of hydrogen-bond acceptors (Lipinski definition) is 2. The van der Waals surface area contributed by atoms with Crippen LogP contribution in [0, 0.1) is 0 Å². The van der Waals surface area contributed by atoms with E-state index in [1.807, 2.05) is 6.08 Å². The first-order chi connectivity index (χ1) is 8.81. The quantitative estimate of drug-likeness (QED) is 0.452. The zero-order valence-corrected chi connectivity index (χ0v) is 11.3. The molecule has 0 atom stereocenters. The van der Waals surface area contributed by atoms with E-state index in [1.165, 1.54) is 37.2 Å². The van der Waals surface area contributed by atoms with Crippen LogP contribution in [-0.4, -0.2) is 0 Å². The number of rotatable bonds is 1. The van der Waals surface area contributed by atoms with Crippen LogP contribution in [0.4, 0.5) is 0 Å². The van der Waals surface area contributed by atoms with Gasteiger partial charge in [-0.3, -0.25) is 0 Å². The van der Waals surface area contributed by atoms with Crippen molar-refractivity contribution in [3.8, 4) is 0 Å². The molecule has 2 aromatic carbocycles. The second-order valence-corrected chi connectivity index (χ2v) is 6.27. The molecule has 0 radical (unpaired) electrons. The third-order valence-corrected chi connectivity index (χ3v) is 5.31. The topological polar surface area (TPSA) is 0 Å². The number of benzene rings is 2. The van der Waals surface area contributed by atoms with Gasteiger partial charge in [0.1, 0.15) is 0 Å². The van der Waals surface area contributed by atoms with Crippen molar-refractivity contribution in [2.24, 2.45) is 0 Å². The average Bonchev–Trinajstić information content (AvgIpc) is 2.98. The summed E-state index contributed by atoms with van der Waals surface area (Å²) in [6.45, 7) is 8.15. The Morgan fingerprint density at radius 1 is 0.944 bits per heavy atom. The number of hydrogen-bond donors (Lipinski definition) is 0. The Hall–Kier alpha value is -1.64. The lowest BCUT2D eigenvalue weighted by molar-refractivity contribution is 1.89. The van der Waals surface area contributed by atoms with Crippen LogP contribution in [0.15, 0.2) is 35.5 Å². The first kappa shape index (κ1) is 10.3. The average molecular weight is 266 g/mol. The molecular weight excluding hydrogens is 256 g/mol. The molecule has 0 amide bonds. The first-order valence-electron chi connectivity index (χ1n) is 5.75. The van der Waals surface area contributed by atoms with Gasteiger partial charge in [0.15, 0.2) is 0 Å². The fourth-order valence-corrected chi connectivity index (χ4v) is 4.58. The molecule has 0 bridgehead atoms. The third kappa shape index (κ3) is 1.10. The van der Waals surface area contributed by atoms with Crippen LogP contribution in [0.25, 0.3) is 44.3 Å². The monoisotopic (exact) mass is 266 g/mol. The van der Waals surface area contributed by atoms with Crippen LogP contribution in [0.3, 0.4) is 0 Å². The summed E-state index contributed by atoms with van der Waals surface area (Å²) < 4.78 is 2.48. The second kappa shape index (κ2) is 3.44. The Morgan fingerprint density at radius 3 is 2.61 bits per heavy atom. The van der Waals surface area contributed by atoms with E-state index in [1.54, 1.807) is 22.7 Å². The highest BCUT2D eigenvalue weighted by molar-refractivity contribution is 7.18. The highest BCUT2D eigenvalue weighted by Gasteiger charge is 2.14. The molecular formula is C16H10S2. The maximum atomic E-state index is 4.17. The van der Waals surface area contributed by atoms with Crippen molar-refractivity contribution in [3.63, 3.8) is 0 Å². The fourth-order valence-electron chi connectivity index (χ4n) is 2.75. The summed E-state index contributed by atoms with van der Waals surface area (Å²) in [6, 6.07) is 6.54. The summed E-state index contributed by atoms with van der Waals surface area (Å²) in [5.41, 5.74) is 1.24. The molecule has 0 saturated heterocycles. The van der Waals surface area contributed by atoms with Crippen molar-refractivity contribution in [2.75, 3.05) is 0 Å². The molecule has 0 spiro atoms. The Bertz CT molecular complexity index is 954. The standard InChI is InChI=1S/C16H10S2/c1-3-10-12-8-18-14-6-4-5-11(16(12)14)13-7-17-9(2)15(10)13/h3-8H,1-2H2. The maximum Gasteiger partial charge on any atom is 0.0355 e. The Kier molecular flexibility index (Phi) is 1.97. The summed E-state index contributed by atoms with van der Waals surface area (Å²) in [6.07, 6.45) is 1.97. The molecule has 86 valence electrons. The van der Waals surface area contributed by atoms with Gasteiger partial charge < -0.3 is 0 Å². The van der Waals surface area contributed by atoms with E-state index in [-0.39, 0.29) is 0 Å². The summed E-state index contributed by atoms with van der Waals surface area (Å²) in [7, 11) is 0. The van der Waals surface area contributed by atoms with Crippen LogP contribution >= 0.6 is 22.7 Å². The van der Waals surface area contributed by atoms with Crippen LogP contribution in [-0.2, 0) is 0 Å². The second-order valence-electron chi connectivity index (χ2n) is 4.39. The van der Waals surface area contributed by atoms with Crippen LogP contribution in [0.5, 0.6) is 0 Å².